The third-order valence-electron chi connectivity index (χ3n) is 3.13. The molecule has 1 fully saturated rings. The van der Waals surface area contributed by atoms with E-state index in [2.05, 4.69) is 25.9 Å². The summed E-state index contributed by atoms with van der Waals surface area (Å²) in [4.78, 5) is 4.46. The van der Waals surface area contributed by atoms with Gasteiger partial charge >= 0.3 is 0 Å². The standard InChI is InChI=1S/C12H12BrClFN3O/c13-8-5-10-11(6-9(8)15)18(12(7-14)16-10)17-1-3-19-4-2-17/h5-6H,1-4,7H2. The van der Waals surface area contributed by atoms with Gasteiger partial charge in [-0.05, 0) is 22.0 Å². The van der Waals surface area contributed by atoms with Crippen molar-refractivity contribution in [3.8, 4) is 0 Å². The molecule has 0 amide bonds. The first kappa shape index (κ1) is 13.1. The van der Waals surface area contributed by atoms with E-state index in [1.54, 1.807) is 6.07 Å². The molecule has 1 aromatic heterocycles. The molecule has 0 N–H and O–H groups in total. The van der Waals surface area contributed by atoms with Crippen LogP contribution in [0.5, 0.6) is 0 Å². The van der Waals surface area contributed by atoms with Gasteiger partial charge in [-0.2, -0.15) is 0 Å². The van der Waals surface area contributed by atoms with Crippen molar-refractivity contribution in [1.82, 2.24) is 9.66 Å². The molecule has 1 aliphatic rings. The molecule has 0 bridgehead atoms. The number of halogens is 3. The normalized spacial score (nSPS) is 16.3. The van der Waals surface area contributed by atoms with Gasteiger partial charge in [0.05, 0.1) is 47.7 Å². The highest BCUT2D eigenvalue weighted by Gasteiger charge is 2.19. The molecule has 1 aliphatic heterocycles. The van der Waals surface area contributed by atoms with E-state index in [-0.39, 0.29) is 11.7 Å². The molecule has 0 unspecified atom stereocenters. The Morgan fingerprint density at radius 3 is 2.79 bits per heavy atom. The SMILES string of the molecule is Fc1cc2c(cc1Br)nc(CCl)n2N1CCOCC1. The van der Waals surface area contributed by atoms with E-state index in [0.717, 1.165) is 29.9 Å². The second-order valence-corrected chi connectivity index (χ2v) is 5.42. The van der Waals surface area contributed by atoms with Gasteiger partial charge in [0.1, 0.15) is 11.6 Å². The number of hydrogen-bond donors (Lipinski definition) is 0. The number of morpholine rings is 1. The molecular weight excluding hydrogens is 337 g/mol. The molecule has 1 aromatic carbocycles. The third kappa shape index (κ3) is 2.32. The first-order valence-electron chi connectivity index (χ1n) is 5.96. The first-order chi connectivity index (χ1) is 9.20. The van der Waals surface area contributed by atoms with Crippen LogP contribution in [0, 0.1) is 5.82 Å². The van der Waals surface area contributed by atoms with E-state index in [9.17, 15) is 4.39 Å². The van der Waals surface area contributed by atoms with Gasteiger partial charge in [0, 0.05) is 6.07 Å². The lowest BCUT2D eigenvalue weighted by atomic mass is 10.3. The number of benzene rings is 1. The molecule has 7 heteroatoms. The number of ether oxygens (including phenoxy) is 1. The Morgan fingerprint density at radius 1 is 1.37 bits per heavy atom. The monoisotopic (exact) mass is 347 g/mol. The van der Waals surface area contributed by atoms with E-state index in [1.165, 1.54) is 6.07 Å². The Kier molecular flexibility index (Phi) is 3.64. The quantitative estimate of drug-likeness (QED) is 0.782. The van der Waals surface area contributed by atoms with Crippen molar-refractivity contribution >= 4 is 38.6 Å². The minimum absolute atomic E-state index is 0.283. The summed E-state index contributed by atoms with van der Waals surface area (Å²) in [6, 6.07) is 3.16. The number of fused-ring (bicyclic) bond motifs is 1. The fraction of sp³-hybridized carbons (Fsp3) is 0.417. The molecule has 0 atom stereocenters. The highest BCUT2D eigenvalue weighted by molar-refractivity contribution is 9.10. The maximum absolute atomic E-state index is 13.7. The number of hydrogen-bond acceptors (Lipinski definition) is 3. The van der Waals surface area contributed by atoms with Crippen LogP contribution in [-0.4, -0.2) is 36.0 Å². The van der Waals surface area contributed by atoms with Crippen LogP contribution in [0.15, 0.2) is 16.6 Å². The summed E-state index contributed by atoms with van der Waals surface area (Å²) in [5.74, 6) is 0.699. The van der Waals surface area contributed by atoms with Gasteiger partial charge in [0.15, 0.2) is 0 Å². The lowest BCUT2D eigenvalue weighted by Crippen LogP contribution is -2.44. The van der Waals surface area contributed by atoms with Gasteiger partial charge < -0.3 is 9.75 Å². The summed E-state index contributed by atoms with van der Waals surface area (Å²) in [5, 5.41) is 2.09. The number of rotatable bonds is 2. The molecular formula is C12H12BrClFN3O. The van der Waals surface area contributed by atoms with Gasteiger partial charge in [-0.25, -0.2) is 14.1 Å². The molecule has 0 aliphatic carbocycles. The Morgan fingerprint density at radius 2 is 2.11 bits per heavy atom. The van der Waals surface area contributed by atoms with Crippen molar-refractivity contribution in [2.75, 3.05) is 31.3 Å². The molecule has 0 spiro atoms. The van der Waals surface area contributed by atoms with Gasteiger partial charge in [-0.1, -0.05) is 0 Å². The van der Waals surface area contributed by atoms with Crippen LogP contribution >= 0.6 is 27.5 Å². The van der Waals surface area contributed by atoms with Gasteiger partial charge in [0.25, 0.3) is 0 Å². The van der Waals surface area contributed by atoms with Crippen molar-refractivity contribution in [2.24, 2.45) is 0 Å². The molecule has 2 aromatic rings. The minimum Gasteiger partial charge on any atom is -0.378 e. The lowest BCUT2D eigenvalue weighted by molar-refractivity contribution is 0.111. The highest BCUT2D eigenvalue weighted by atomic mass is 79.9. The average Bonchev–Trinajstić information content (AvgIpc) is 2.78. The first-order valence-corrected chi connectivity index (χ1v) is 7.29. The fourth-order valence-corrected chi connectivity index (χ4v) is 2.77. The Hall–Kier alpha value is -0.850. The van der Waals surface area contributed by atoms with Crippen molar-refractivity contribution in [2.45, 2.75) is 5.88 Å². The zero-order valence-corrected chi connectivity index (χ0v) is 12.4. The molecule has 0 radical (unpaired) electrons. The Balaban J connectivity index is 2.16. The van der Waals surface area contributed by atoms with Crippen molar-refractivity contribution in [1.29, 1.82) is 0 Å². The maximum atomic E-state index is 13.7. The Bertz CT molecular complexity index is 613. The van der Waals surface area contributed by atoms with Crippen LogP contribution in [0.3, 0.4) is 0 Å². The summed E-state index contributed by atoms with van der Waals surface area (Å²) in [7, 11) is 0. The van der Waals surface area contributed by atoms with E-state index >= 15 is 0 Å². The number of aromatic nitrogens is 2. The molecule has 3 rings (SSSR count). The van der Waals surface area contributed by atoms with E-state index in [1.807, 2.05) is 4.68 Å². The zero-order chi connectivity index (χ0) is 13.4. The lowest BCUT2D eigenvalue weighted by Gasteiger charge is -2.31. The second kappa shape index (κ2) is 5.26. The van der Waals surface area contributed by atoms with Crippen LogP contribution < -0.4 is 5.01 Å². The molecule has 19 heavy (non-hydrogen) atoms. The zero-order valence-electron chi connectivity index (χ0n) is 10.1. The number of alkyl halides is 1. The predicted octanol–water partition coefficient (Wildman–Crippen LogP) is 2.64. The summed E-state index contributed by atoms with van der Waals surface area (Å²) >= 11 is 9.13. The molecule has 0 saturated carbocycles. The summed E-state index contributed by atoms with van der Waals surface area (Å²) < 4.78 is 21.4. The molecule has 1 saturated heterocycles. The smallest absolute Gasteiger partial charge is 0.143 e. The van der Waals surface area contributed by atoms with Crippen LogP contribution in [0.25, 0.3) is 11.0 Å². The summed E-state index contributed by atoms with van der Waals surface area (Å²) in [6.07, 6.45) is 0. The third-order valence-corrected chi connectivity index (χ3v) is 3.98. The molecule has 102 valence electrons. The highest BCUT2D eigenvalue weighted by Crippen LogP contribution is 2.25. The van der Waals surface area contributed by atoms with Gasteiger partial charge in [0.2, 0.25) is 0 Å². The van der Waals surface area contributed by atoms with Crippen molar-refractivity contribution in [3.05, 3.63) is 28.2 Å². The van der Waals surface area contributed by atoms with Crippen LogP contribution in [0.4, 0.5) is 4.39 Å². The van der Waals surface area contributed by atoms with Crippen LogP contribution in [0.1, 0.15) is 5.82 Å². The van der Waals surface area contributed by atoms with Crippen molar-refractivity contribution in [3.63, 3.8) is 0 Å². The molecule has 2 heterocycles. The number of imidazole rings is 1. The van der Waals surface area contributed by atoms with E-state index < -0.39 is 0 Å². The fourth-order valence-electron chi connectivity index (χ4n) is 2.27. The van der Waals surface area contributed by atoms with Gasteiger partial charge in [-0.15, -0.1) is 11.6 Å². The van der Waals surface area contributed by atoms with Crippen LogP contribution in [-0.2, 0) is 10.6 Å². The van der Waals surface area contributed by atoms with Gasteiger partial charge in [-0.3, -0.25) is 0 Å². The van der Waals surface area contributed by atoms with E-state index in [4.69, 9.17) is 16.3 Å². The van der Waals surface area contributed by atoms with Crippen molar-refractivity contribution < 1.29 is 9.13 Å². The molecule has 4 nitrogen and oxygen atoms in total. The summed E-state index contributed by atoms with van der Waals surface area (Å²) in [5.41, 5.74) is 1.47. The average molecular weight is 349 g/mol. The topological polar surface area (TPSA) is 30.3 Å². The largest absolute Gasteiger partial charge is 0.378 e. The maximum Gasteiger partial charge on any atom is 0.143 e. The van der Waals surface area contributed by atoms with E-state index in [0.29, 0.717) is 17.7 Å². The predicted molar refractivity (Wildman–Crippen MR) is 75.7 cm³/mol. The Labute approximate surface area is 123 Å². The van der Waals surface area contributed by atoms with Crippen LogP contribution in [0.2, 0.25) is 0 Å². The summed E-state index contributed by atoms with van der Waals surface area (Å²) in [6.45, 7) is 2.79. The number of nitrogens with zero attached hydrogens (tertiary/aromatic N) is 3. The second-order valence-electron chi connectivity index (χ2n) is 4.29. The minimum atomic E-state index is -0.303.